The van der Waals surface area contributed by atoms with Gasteiger partial charge in [-0.3, -0.25) is 9.58 Å². The van der Waals surface area contributed by atoms with E-state index in [0.717, 1.165) is 24.9 Å². The van der Waals surface area contributed by atoms with E-state index in [1.165, 1.54) is 7.11 Å². The number of methoxy groups -OCH3 is 1. The summed E-state index contributed by atoms with van der Waals surface area (Å²) in [5.74, 6) is 0.669. The molecule has 0 aliphatic carbocycles. The molecule has 2 heterocycles. The fourth-order valence-electron chi connectivity index (χ4n) is 3.23. The van der Waals surface area contributed by atoms with Gasteiger partial charge in [0.2, 0.25) is 0 Å². The summed E-state index contributed by atoms with van der Waals surface area (Å²) >= 11 is 0. The maximum atomic E-state index is 12.6. The number of nitrogens with zero attached hydrogens (tertiary/aromatic N) is 3. The zero-order chi connectivity index (χ0) is 17.2. The molecule has 6 nitrogen and oxygen atoms in total. The summed E-state index contributed by atoms with van der Waals surface area (Å²) in [7, 11) is 0.112. The van der Waals surface area contributed by atoms with E-state index in [1.54, 1.807) is 28.9 Å². The summed E-state index contributed by atoms with van der Waals surface area (Å²) in [5, 5.41) is 4.23. The van der Waals surface area contributed by atoms with Crippen molar-refractivity contribution in [1.82, 2.24) is 14.7 Å². The van der Waals surface area contributed by atoms with Crippen molar-refractivity contribution in [3.05, 3.63) is 42.2 Å². The third-order valence-corrected chi connectivity index (χ3v) is 6.21. The molecular weight excluding hydrogens is 326 g/mol. The van der Waals surface area contributed by atoms with Crippen molar-refractivity contribution in [3.63, 3.8) is 0 Å². The normalized spacial score (nSPS) is 18.8. The van der Waals surface area contributed by atoms with Crippen LogP contribution in [0.4, 0.5) is 0 Å². The minimum absolute atomic E-state index is 0.108. The first-order valence-corrected chi connectivity index (χ1v) is 9.74. The molecule has 0 amide bonds. The molecule has 130 valence electrons. The van der Waals surface area contributed by atoms with Crippen molar-refractivity contribution in [2.24, 2.45) is 7.05 Å². The van der Waals surface area contributed by atoms with Crippen LogP contribution in [0.15, 0.2) is 41.6 Å². The first kappa shape index (κ1) is 17.0. The Morgan fingerprint density at radius 2 is 2.21 bits per heavy atom. The van der Waals surface area contributed by atoms with Crippen LogP contribution in [0.1, 0.15) is 24.4 Å². The van der Waals surface area contributed by atoms with E-state index in [4.69, 9.17) is 4.74 Å². The molecule has 7 heteroatoms. The lowest BCUT2D eigenvalue weighted by Gasteiger charge is -2.23. The fraction of sp³-hybridized carbons (Fsp3) is 0.471. The molecule has 3 rings (SSSR count). The van der Waals surface area contributed by atoms with Gasteiger partial charge in [-0.15, -0.1) is 0 Å². The predicted octanol–water partition coefficient (Wildman–Crippen LogP) is 2.04. The van der Waals surface area contributed by atoms with Gasteiger partial charge in [0.25, 0.3) is 0 Å². The maximum Gasteiger partial charge on any atom is 0.179 e. The largest absolute Gasteiger partial charge is 0.497 e. The van der Waals surface area contributed by atoms with Crippen LogP contribution >= 0.6 is 0 Å². The van der Waals surface area contributed by atoms with Crippen molar-refractivity contribution in [1.29, 1.82) is 0 Å². The third-order valence-electron chi connectivity index (χ3n) is 4.52. The van der Waals surface area contributed by atoms with E-state index < -0.39 is 9.84 Å². The van der Waals surface area contributed by atoms with Gasteiger partial charge in [-0.2, -0.15) is 5.10 Å². The summed E-state index contributed by atoms with van der Waals surface area (Å²) in [4.78, 5) is 2.56. The van der Waals surface area contributed by atoms with Gasteiger partial charge in [-0.25, -0.2) is 8.42 Å². The topological polar surface area (TPSA) is 64.4 Å². The molecule has 1 unspecified atom stereocenters. The number of rotatable bonds is 6. The lowest BCUT2D eigenvalue weighted by molar-refractivity contribution is 0.272. The Morgan fingerprint density at radius 3 is 2.92 bits per heavy atom. The van der Waals surface area contributed by atoms with E-state index in [0.29, 0.717) is 17.2 Å². The monoisotopic (exact) mass is 349 g/mol. The van der Waals surface area contributed by atoms with Crippen molar-refractivity contribution >= 4 is 9.84 Å². The number of hydrogen-bond acceptors (Lipinski definition) is 5. The molecule has 1 aromatic carbocycles. The molecule has 1 aliphatic heterocycles. The van der Waals surface area contributed by atoms with Gasteiger partial charge in [0.05, 0.1) is 24.0 Å². The highest BCUT2D eigenvalue weighted by Crippen LogP contribution is 2.31. The predicted molar refractivity (Wildman–Crippen MR) is 91.8 cm³/mol. The summed E-state index contributed by atoms with van der Waals surface area (Å²) in [5.41, 5.74) is 1.16. The lowest BCUT2D eigenvalue weighted by atomic mass is 10.1. The van der Waals surface area contributed by atoms with Gasteiger partial charge in [0.15, 0.2) is 9.84 Å². The lowest BCUT2D eigenvalue weighted by Crippen LogP contribution is -2.29. The highest BCUT2D eigenvalue weighted by Gasteiger charge is 2.28. The molecule has 1 atom stereocenters. The van der Waals surface area contributed by atoms with Crippen LogP contribution in [0.2, 0.25) is 0 Å². The Morgan fingerprint density at radius 1 is 1.38 bits per heavy atom. The van der Waals surface area contributed by atoms with Crippen LogP contribution in [0.25, 0.3) is 0 Å². The fourth-order valence-corrected chi connectivity index (χ4v) is 4.53. The summed E-state index contributed by atoms with van der Waals surface area (Å²) < 4.78 is 32.1. The second kappa shape index (κ2) is 6.94. The van der Waals surface area contributed by atoms with E-state index in [2.05, 4.69) is 10.00 Å². The summed E-state index contributed by atoms with van der Waals surface area (Å²) in [6.45, 7) is 1.45. The van der Waals surface area contributed by atoms with Gasteiger partial charge >= 0.3 is 0 Å². The van der Waals surface area contributed by atoms with Crippen molar-refractivity contribution < 1.29 is 13.2 Å². The quantitative estimate of drug-likeness (QED) is 0.798. The van der Waals surface area contributed by atoms with E-state index in [9.17, 15) is 8.42 Å². The zero-order valence-corrected chi connectivity index (χ0v) is 14.9. The van der Waals surface area contributed by atoms with Crippen LogP contribution in [-0.2, 0) is 16.9 Å². The highest BCUT2D eigenvalue weighted by molar-refractivity contribution is 7.91. The van der Waals surface area contributed by atoms with Crippen LogP contribution in [-0.4, -0.2) is 49.1 Å². The third kappa shape index (κ3) is 3.62. The SMILES string of the molecule is COc1cccc(S(=O)(=O)CCN2CCCC2c2cnn(C)c2)c1. The number of ether oxygens (including phenoxy) is 1. The van der Waals surface area contributed by atoms with Gasteiger partial charge in [-0.1, -0.05) is 6.07 Å². The average Bonchev–Trinajstić information content (AvgIpc) is 3.21. The second-order valence-corrected chi connectivity index (χ2v) is 8.25. The first-order valence-electron chi connectivity index (χ1n) is 8.09. The minimum atomic E-state index is -3.32. The van der Waals surface area contributed by atoms with Crippen molar-refractivity contribution in [2.45, 2.75) is 23.8 Å². The standard InChI is InChI=1S/C17H23N3O3S/c1-19-13-14(12-18-19)17-7-4-8-20(17)9-10-24(21,22)16-6-3-5-15(11-16)23-2/h3,5-6,11-13,17H,4,7-10H2,1-2H3. The highest BCUT2D eigenvalue weighted by atomic mass is 32.2. The molecule has 1 saturated heterocycles. The Bertz CT molecular complexity index is 801. The molecule has 1 aliphatic rings. The van der Waals surface area contributed by atoms with Crippen LogP contribution < -0.4 is 4.74 Å². The first-order chi connectivity index (χ1) is 11.5. The Balaban J connectivity index is 1.69. The molecule has 0 spiro atoms. The second-order valence-electron chi connectivity index (χ2n) is 6.14. The van der Waals surface area contributed by atoms with E-state index in [1.807, 2.05) is 19.4 Å². The molecule has 0 bridgehead atoms. The van der Waals surface area contributed by atoms with Gasteiger partial charge < -0.3 is 4.74 Å². The average molecular weight is 349 g/mol. The van der Waals surface area contributed by atoms with Crippen LogP contribution in [0.3, 0.4) is 0 Å². The molecule has 1 fully saturated rings. The Hall–Kier alpha value is -1.86. The van der Waals surface area contributed by atoms with Crippen LogP contribution in [0.5, 0.6) is 5.75 Å². The number of aromatic nitrogens is 2. The summed E-state index contributed by atoms with van der Waals surface area (Å²) in [6.07, 6.45) is 6.02. The van der Waals surface area contributed by atoms with E-state index >= 15 is 0 Å². The van der Waals surface area contributed by atoms with Gasteiger partial charge in [0.1, 0.15) is 5.75 Å². The molecule has 24 heavy (non-hydrogen) atoms. The molecule has 2 aromatic rings. The number of likely N-dealkylation sites (tertiary alicyclic amines) is 1. The zero-order valence-electron chi connectivity index (χ0n) is 14.1. The van der Waals surface area contributed by atoms with Gasteiger partial charge in [0, 0.05) is 31.4 Å². The van der Waals surface area contributed by atoms with Crippen molar-refractivity contribution in [2.75, 3.05) is 26.0 Å². The number of benzene rings is 1. The smallest absolute Gasteiger partial charge is 0.179 e. The molecule has 0 N–H and O–H groups in total. The molecule has 0 saturated carbocycles. The summed E-state index contributed by atoms with van der Waals surface area (Å²) in [6, 6.07) is 6.93. The number of sulfone groups is 1. The van der Waals surface area contributed by atoms with Crippen LogP contribution in [0, 0.1) is 0 Å². The Labute approximate surface area is 143 Å². The minimum Gasteiger partial charge on any atom is -0.497 e. The number of aryl methyl sites for hydroxylation is 1. The molecule has 1 aromatic heterocycles. The Kier molecular flexibility index (Phi) is 4.91. The molecular formula is C17H23N3O3S. The van der Waals surface area contributed by atoms with Crippen molar-refractivity contribution in [3.8, 4) is 5.75 Å². The molecule has 0 radical (unpaired) electrons. The number of hydrogen-bond donors (Lipinski definition) is 0. The van der Waals surface area contributed by atoms with E-state index in [-0.39, 0.29) is 11.8 Å². The van der Waals surface area contributed by atoms with Gasteiger partial charge in [-0.05, 0) is 37.6 Å². The maximum absolute atomic E-state index is 12.6.